The van der Waals surface area contributed by atoms with E-state index in [2.05, 4.69) is 10.3 Å². The number of rotatable bonds is 4. The molecule has 0 bridgehead atoms. The van der Waals surface area contributed by atoms with E-state index in [0.717, 1.165) is 4.57 Å². The summed E-state index contributed by atoms with van der Waals surface area (Å²) in [5, 5.41) is 3.08. The van der Waals surface area contributed by atoms with Crippen LogP contribution >= 0.6 is 23.2 Å². The average Bonchev–Trinajstić information content (AvgIpc) is 2.42. The minimum absolute atomic E-state index is 0.0472. The highest BCUT2D eigenvalue weighted by molar-refractivity contribution is 6.31. The minimum Gasteiger partial charge on any atom is -0.489 e. The van der Waals surface area contributed by atoms with Gasteiger partial charge in [-0.3, -0.25) is 14.2 Å². The average molecular weight is 328 g/mol. The number of nitrogens with one attached hydrogen (secondary N) is 1. The summed E-state index contributed by atoms with van der Waals surface area (Å²) in [6.45, 7) is -0.216. The van der Waals surface area contributed by atoms with Gasteiger partial charge in [0.25, 0.3) is 5.56 Å². The molecule has 6 nitrogen and oxygen atoms in total. The second-order valence-electron chi connectivity index (χ2n) is 4.06. The van der Waals surface area contributed by atoms with Crippen molar-refractivity contribution in [3.05, 3.63) is 51.1 Å². The van der Waals surface area contributed by atoms with Gasteiger partial charge in [-0.05, 0) is 18.2 Å². The lowest BCUT2D eigenvalue weighted by molar-refractivity contribution is -0.116. The van der Waals surface area contributed by atoms with Crippen molar-refractivity contribution in [2.75, 3.05) is 12.4 Å². The molecule has 2 aromatic rings. The zero-order valence-electron chi connectivity index (χ0n) is 11.0. The second-order valence-corrected chi connectivity index (χ2v) is 4.85. The molecule has 0 aliphatic carbocycles. The first-order valence-corrected chi connectivity index (χ1v) is 6.61. The van der Waals surface area contributed by atoms with Gasteiger partial charge in [-0.25, -0.2) is 4.98 Å². The van der Waals surface area contributed by atoms with E-state index in [4.69, 9.17) is 27.9 Å². The molecule has 1 heterocycles. The minimum atomic E-state index is -0.529. The number of nitrogens with zero attached hydrogens (tertiary/aromatic N) is 2. The summed E-state index contributed by atoms with van der Waals surface area (Å²) < 4.78 is 5.96. The Labute approximate surface area is 130 Å². The Bertz CT molecular complexity index is 731. The number of carbonyl (C=O) groups excluding carboxylic acids is 1. The summed E-state index contributed by atoms with van der Waals surface area (Å²) >= 11 is 11.5. The molecule has 1 N–H and O–H groups in total. The lowest BCUT2D eigenvalue weighted by Gasteiger charge is -2.09. The lowest BCUT2D eigenvalue weighted by atomic mass is 10.3. The smallest absolute Gasteiger partial charge is 0.297 e. The lowest BCUT2D eigenvalue weighted by Crippen LogP contribution is -2.28. The molecule has 0 aliphatic heterocycles. The van der Waals surface area contributed by atoms with Crippen molar-refractivity contribution in [3.63, 3.8) is 0 Å². The molecule has 110 valence electrons. The van der Waals surface area contributed by atoms with E-state index in [1.165, 1.54) is 13.4 Å². The summed E-state index contributed by atoms with van der Waals surface area (Å²) in [6.07, 6.45) is 1.19. The third-order valence-corrected chi connectivity index (χ3v) is 3.08. The number of aromatic nitrogens is 2. The van der Waals surface area contributed by atoms with E-state index in [0.29, 0.717) is 10.7 Å². The first-order chi connectivity index (χ1) is 10.0. The number of anilines is 1. The molecule has 1 amide bonds. The molecular weight excluding hydrogens is 317 g/mol. The number of ether oxygens (including phenoxy) is 1. The summed E-state index contributed by atoms with van der Waals surface area (Å²) in [4.78, 5) is 27.7. The Morgan fingerprint density at radius 2 is 2.19 bits per heavy atom. The van der Waals surface area contributed by atoms with Gasteiger partial charge in [0.05, 0.1) is 13.4 Å². The molecule has 0 radical (unpaired) electrons. The molecule has 2 rings (SSSR count). The van der Waals surface area contributed by atoms with Gasteiger partial charge in [0.15, 0.2) is 5.15 Å². The monoisotopic (exact) mass is 327 g/mol. The van der Waals surface area contributed by atoms with Crippen molar-refractivity contribution in [2.24, 2.45) is 0 Å². The molecule has 1 aromatic carbocycles. The Kier molecular flexibility index (Phi) is 4.82. The van der Waals surface area contributed by atoms with Crippen molar-refractivity contribution < 1.29 is 9.53 Å². The van der Waals surface area contributed by atoms with Crippen LogP contribution in [0.15, 0.2) is 35.4 Å². The number of amides is 1. The van der Waals surface area contributed by atoms with E-state index in [1.54, 1.807) is 24.3 Å². The van der Waals surface area contributed by atoms with Gasteiger partial charge in [-0.15, -0.1) is 0 Å². The summed E-state index contributed by atoms with van der Waals surface area (Å²) in [5.74, 6) is -0.500. The molecule has 8 heteroatoms. The molecule has 0 spiro atoms. The fourth-order valence-electron chi connectivity index (χ4n) is 1.66. The van der Waals surface area contributed by atoms with Crippen LogP contribution < -0.4 is 15.6 Å². The SMILES string of the molecule is COc1c(Cl)ncn(CC(=O)Nc2cccc(Cl)c2)c1=O. The van der Waals surface area contributed by atoms with Gasteiger partial charge in [-0.2, -0.15) is 0 Å². The first-order valence-electron chi connectivity index (χ1n) is 5.85. The zero-order valence-corrected chi connectivity index (χ0v) is 12.5. The Morgan fingerprint density at radius 3 is 2.86 bits per heavy atom. The fraction of sp³-hybridized carbons (Fsp3) is 0.154. The third kappa shape index (κ3) is 3.74. The Balaban J connectivity index is 2.15. The third-order valence-electron chi connectivity index (χ3n) is 2.58. The second kappa shape index (κ2) is 6.60. The Morgan fingerprint density at radius 1 is 1.43 bits per heavy atom. The topological polar surface area (TPSA) is 73.2 Å². The largest absolute Gasteiger partial charge is 0.489 e. The van der Waals surface area contributed by atoms with Crippen molar-refractivity contribution in [1.29, 1.82) is 0 Å². The van der Waals surface area contributed by atoms with E-state index in [1.807, 2.05) is 0 Å². The fourth-order valence-corrected chi connectivity index (χ4v) is 2.05. The molecule has 0 saturated carbocycles. The maximum Gasteiger partial charge on any atom is 0.297 e. The highest BCUT2D eigenvalue weighted by Gasteiger charge is 2.12. The van der Waals surface area contributed by atoms with Gasteiger partial charge in [0.1, 0.15) is 6.54 Å². The van der Waals surface area contributed by atoms with Crippen molar-refractivity contribution in [2.45, 2.75) is 6.54 Å². The van der Waals surface area contributed by atoms with E-state index >= 15 is 0 Å². The number of hydrogen-bond donors (Lipinski definition) is 1. The van der Waals surface area contributed by atoms with Crippen LogP contribution in [0.4, 0.5) is 5.69 Å². The van der Waals surface area contributed by atoms with Gasteiger partial charge >= 0.3 is 0 Å². The van der Waals surface area contributed by atoms with Crippen LogP contribution in [0, 0.1) is 0 Å². The van der Waals surface area contributed by atoms with Crippen LogP contribution in [0.1, 0.15) is 0 Å². The molecule has 0 aliphatic rings. The first kappa shape index (κ1) is 15.3. The van der Waals surface area contributed by atoms with E-state index < -0.39 is 11.5 Å². The molecule has 0 fully saturated rings. The molecule has 0 saturated heterocycles. The van der Waals surface area contributed by atoms with E-state index in [-0.39, 0.29) is 17.4 Å². The highest BCUT2D eigenvalue weighted by Crippen LogP contribution is 2.16. The van der Waals surface area contributed by atoms with Crippen molar-refractivity contribution in [1.82, 2.24) is 9.55 Å². The highest BCUT2D eigenvalue weighted by atomic mass is 35.5. The van der Waals surface area contributed by atoms with Crippen LogP contribution in [0.3, 0.4) is 0 Å². The molecular formula is C13H11Cl2N3O3. The summed E-state index contributed by atoms with van der Waals surface area (Å²) in [7, 11) is 1.31. The predicted octanol–water partition coefficient (Wildman–Crippen LogP) is 2.20. The molecule has 1 aromatic heterocycles. The maximum absolute atomic E-state index is 12.0. The standard InChI is InChI=1S/C13H11Cl2N3O3/c1-21-11-12(15)16-7-18(13(11)20)6-10(19)17-9-4-2-3-8(14)5-9/h2-5,7H,6H2,1H3,(H,17,19). The van der Waals surface area contributed by atoms with Crippen LogP contribution in [0.25, 0.3) is 0 Å². The predicted molar refractivity (Wildman–Crippen MR) is 80.1 cm³/mol. The Hall–Kier alpha value is -2.05. The number of carbonyl (C=O) groups is 1. The zero-order chi connectivity index (χ0) is 15.4. The number of halogens is 2. The summed E-state index contributed by atoms with van der Waals surface area (Å²) in [6, 6.07) is 6.68. The van der Waals surface area contributed by atoms with Gasteiger partial charge in [0.2, 0.25) is 11.7 Å². The number of hydrogen-bond acceptors (Lipinski definition) is 4. The van der Waals surface area contributed by atoms with Crippen molar-refractivity contribution >= 4 is 34.8 Å². The van der Waals surface area contributed by atoms with Gasteiger partial charge in [-0.1, -0.05) is 29.3 Å². The van der Waals surface area contributed by atoms with Crippen LogP contribution in [-0.2, 0) is 11.3 Å². The summed E-state index contributed by atoms with van der Waals surface area (Å²) in [5.41, 5.74) is 0.00757. The molecule has 0 atom stereocenters. The van der Waals surface area contributed by atoms with Crippen LogP contribution in [0.2, 0.25) is 10.2 Å². The normalized spacial score (nSPS) is 10.2. The molecule has 21 heavy (non-hydrogen) atoms. The quantitative estimate of drug-likeness (QED) is 0.873. The number of benzene rings is 1. The maximum atomic E-state index is 12.0. The van der Waals surface area contributed by atoms with Gasteiger partial charge in [0, 0.05) is 10.7 Å². The van der Waals surface area contributed by atoms with Crippen LogP contribution in [-0.4, -0.2) is 22.6 Å². The van der Waals surface area contributed by atoms with Crippen LogP contribution in [0.5, 0.6) is 5.75 Å². The van der Waals surface area contributed by atoms with Gasteiger partial charge < -0.3 is 10.1 Å². The number of methoxy groups -OCH3 is 1. The molecule has 0 unspecified atom stereocenters. The van der Waals surface area contributed by atoms with E-state index in [9.17, 15) is 9.59 Å². The van der Waals surface area contributed by atoms with Crippen molar-refractivity contribution in [3.8, 4) is 5.75 Å².